The quantitative estimate of drug-likeness (QED) is 0.184. The van der Waals surface area contributed by atoms with Gasteiger partial charge in [0.15, 0.2) is 0 Å². The molecule has 18 nitrogen and oxygen atoms in total. The summed E-state index contributed by atoms with van der Waals surface area (Å²) in [4.78, 5) is 71.3. The number of carbonyl (C=O) groups excluding carboxylic acids is 5. The van der Waals surface area contributed by atoms with Crippen LogP contribution in [0.5, 0.6) is 0 Å². The van der Waals surface area contributed by atoms with Crippen molar-refractivity contribution in [2.24, 2.45) is 0 Å². The number of hydrogen-bond acceptors (Lipinski definition) is 11. The summed E-state index contributed by atoms with van der Waals surface area (Å²) in [5.41, 5.74) is 0. The van der Waals surface area contributed by atoms with Crippen LogP contribution in [-0.2, 0) is 43.1 Å². The van der Waals surface area contributed by atoms with Gasteiger partial charge < -0.3 is 61.8 Å². The molecule has 18 heteroatoms. The summed E-state index contributed by atoms with van der Waals surface area (Å²) in [5, 5.41) is 37.4. The lowest BCUT2D eigenvalue weighted by molar-refractivity contribution is -0.192. The molecule has 13 N–H and O–H groups in total. The third-order valence-electron chi connectivity index (χ3n) is 0.348. The lowest BCUT2D eigenvalue weighted by atomic mass is 10.6. The lowest BCUT2D eigenvalue weighted by Gasteiger charge is -1.89. The maximum atomic E-state index is 9.82. The van der Waals surface area contributed by atoms with Crippen LogP contribution >= 0.6 is 0 Å². The highest BCUT2D eigenvalue weighted by atomic mass is 16.5. The minimum atomic E-state index is -0.833. The summed E-state index contributed by atoms with van der Waals surface area (Å²) in [6.45, 7) is 19.3. The first-order valence-corrected chi connectivity index (χ1v) is 10.2. The molecule has 0 saturated carbocycles. The molecule has 0 heterocycles. The van der Waals surface area contributed by atoms with Crippen molar-refractivity contribution in [2.45, 2.75) is 83.1 Å². The van der Waals surface area contributed by atoms with Gasteiger partial charge in [-0.1, -0.05) is 13.8 Å². The average molecular weight is 615 g/mol. The number of carbonyl (C=O) groups is 6. The van der Waals surface area contributed by atoms with Crippen LogP contribution in [0.2, 0.25) is 0 Å². The first kappa shape index (κ1) is 90.9. The van der Waals surface area contributed by atoms with Gasteiger partial charge in [0.05, 0.1) is 6.61 Å². The molecule has 0 aliphatic heterocycles. The number of rotatable bonds is 1. The van der Waals surface area contributed by atoms with Crippen LogP contribution in [0.4, 0.5) is 0 Å². The number of ketones is 1. The van der Waals surface area contributed by atoms with Crippen LogP contribution in [0.25, 0.3) is 0 Å². The summed E-state index contributed by atoms with van der Waals surface area (Å²) < 4.78 is 4.40. The van der Waals surface area contributed by atoms with Gasteiger partial charge in [-0.15, -0.1) is 0 Å². The molecule has 0 fully saturated rings. The Morgan fingerprint density at radius 2 is 0.750 bits per heavy atom. The van der Waals surface area contributed by atoms with Gasteiger partial charge in [0.1, 0.15) is 12.1 Å². The number of carboxylic acids is 3. The Hall–Kier alpha value is -3.64. The fourth-order valence-electron chi connectivity index (χ4n) is 0.203. The maximum absolute atomic E-state index is 9.82. The molecule has 0 unspecified atom stereocenters. The van der Waals surface area contributed by atoms with Crippen LogP contribution in [-0.4, -0.2) is 109 Å². The molecular formula is C22H62O18. The molecule has 0 aromatic carbocycles. The minimum absolute atomic E-state index is 0. The largest absolute Gasteiger partial charge is 0.481 e. The van der Waals surface area contributed by atoms with Gasteiger partial charge in [-0.2, -0.15) is 9.59 Å². The zero-order valence-corrected chi connectivity index (χ0v) is 25.6. The molecule has 40 heavy (non-hydrogen) atoms. The van der Waals surface area contributed by atoms with Crippen molar-refractivity contribution in [3.8, 4) is 0 Å². The van der Waals surface area contributed by atoms with E-state index in [2.05, 4.69) is 4.74 Å². The van der Waals surface area contributed by atoms with Crippen molar-refractivity contribution in [3.05, 3.63) is 0 Å². The first-order chi connectivity index (χ1) is 16.4. The molecule has 0 amide bonds. The van der Waals surface area contributed by atoms with E-state index in [-0.39, 0.29) is 57.3 Å². The van der Waals surface area contributed by atoms with Crippen molar-refractivity contribution < 1.29 is 94.8 Å². The number of aliphatic hydroxyl groups excluding tert-OH is 2. The predicted octanol–water partition coefficient (Wildman–Crippen LogP) is -0.478. The molecule has 0 aliphatic rings. The fraction of sp³-hybridized carbons (Fsp3) is 0.682. The van der Waals surface area contributed by atoms with Crippen LogP contribution in [0.15, 0.2) is 0 Å². The second-order valence-corrected chi connectivity index (χ2v) is 4.34. The second kappa shape index (κ2) is 139. The van der Waals surface area contributed by atoms with Crippen LogP contribution < -0.4 is 0 Å². The fourth-order valence-corrected chi connectivity index (χ4v) is 0.203. The molecule has 0 aliphatic carbocycles. The highest BCUT2D eigenvalue weighted by molar-refractivity contribution is 5.72. The van der Waals surface area contributed by atoms with Crippen LogP contribution in [0, 0.1) is 0 Å². The molecule has 0 saturated heterocycles. The molecule has 0 rings (SSSR count). The van der Waals surface area contributed by atoms with Gasteiger partial charge in [-0.25, -0.2) is 0 Å². The number of hydrogen-bond donors (Lipinski definition) is 5. The summed E-state index contributed by atoms with van der Waals surface area (Å²) in [7, 11) is 0. The van der Waals surface area contributed by atoms with E-state index in [0.717, 1.165) is 27.1 Å². The normalized spacial score (nSPS) is 5.25. The average Bonchev–Trinajstić information content (AvgIpc) is 2.64. The van der Waals surface area contributed by atoms with Gasteiger partial charge in [-0.05, 0) is 41.5 Å². The highest BCUT2D eigenvalue weighted by Gasteiger charge is 1.81. The summed E-state index contributed by atoms with van der Waals surface area (Å²) in [6, 6.07) is 0. The Labute approximate surface area is 240 Å². The number of esters is 1. The maximum Gasteiger partial charge on any atom is 0.373 e. The van der Waals surface area contributed by atoms with Crippen molar-refractivity contribution in [3.63, 3.8) is 0 Å². The lowest BCUT2D eigenvalue weighted by Crippen LogP contribution is -1.95. The minimum Gasteiger partial charge on any atom is -0.481 e. The van der Waals surface area contributed by atoms with Gasteiger partial charge >= 0.3 is 12.1 Å². The van der Waals surface area contributed by atoms with Gasteiger partial charge in [0, 0.05) is 45.2 Å². The number of aldehydes is 1. The van der Waals surface area contributed by atoms with E-state index in [0.29, 0.717) is 6.61 Å². The Bertz CT molecular complexity index is 424. The van der Waals surface area contributed by atoms with E-state index in [1.165, 1.54) is 27.7 Å². The third-order valence-corrected chi connectivity index (χ3v) is 0.348. The number of aliphatic hydroxyl groups is 2. The molecule has 0 atom stereocenters. The number of Topliss-reactive ketones (excluding diaryl/α,β-unsaturated/α-hetero) is 1. The Morgan fingerprint density at radius 3 is 0.750 bits per heavy atom. The van der Waals surface area contributed by atoms with Gasteiger partial charge in [0.25, 0.3) is 17.9 Å². The van der Waals surface area contributed by atoms with Gasteiger partial charge in [-0.3, -0.25) is 19.2 Å². The van der Waals surface area contributed by atoms with Crippen LogP contribution in [0.3, 0.4) is 0 Å². The monoisotopic (exact) mass is 614 g/mol. The van der Waals surface area contributed by atoms with E-state index >= 15 is 0 Å². The molecule has 0 spiro atoms. The SMILES string of the molecule is CC.CC(=O)O.CC(=O)O.CC(=O)O.CC(C)=O.CC=O.CCO.CCO.CCOC(C)=O.O.O.O.O.O=C=O.[HH].[HH].[HH]. The number of carboxylic acid groups (broad SMARTS) is 3. The molecule has 0 bridgehead atoms. The van der Waals surface area contributed by atoms with E-state index in [1.807, 2.05) is 13.8 Å². The van der Waals surface area contributed by atoms with Crippen molar-refractivity contribution in [1.82, 2.24) is 0 Å². The molecular weight excluding hydrogens is 552 g/mol. The molecule has 0 radical (unpaired) electrons. The summed E-state index contributed by atoms with van der Waals surface area (Å²) in [5.74, 6) is -2.54. The molecule has 0 aromatic rings. The van der Waals surface area contributed by atoms with Crippen molar-refractivity contribution >= 4 is 42.1 Å². The molecule has 0 aromatic heterocycles. The Balaban J connectivity index is -0.0000000116. The van der Waals surface area contributed by atoms with Crippen molar-refractivity contribution in [2.75, 3.05) is 19.8 Å². The Kier molecular flexibility index (Phi) is 315. The summed E-state index contributed by atoms with van der Waals surface area (Å²) >= 11 is 0. The van der Waals surface area contributed by atoms with E-state index in [1.54, 1.807) is 20.8 Å². The van der Waals surface area contributed by atoms with E-state index in [4.69, 9.17) is 54.3 Å². The summed E-state index contributed by atoms with van der Waals surface area (Å²) in [6.07, 6.45) is 1.00. The van der Waals surface area contributed by atoms with Gasteiger partial charge in [0.2, 0.25) is 0 Å². The Morgan fingerprint density at radius 1 is 0.675 bits per heavy atom. The highest BCUT2D eigenvalue weighted by Crippen LogP contribution is 1.69. The van der Waals surface area contributed by atoms with Crippen molar-refractivity contribution in [1.29, 1.82) is 0 Å². The predicted molar refractivity (Wildman–Crippen MR) is 153 cm³/mol. The number of ether oxygens (including phenoxy) is 1. The first-order valence-electron chi connectivity index (χ1n) is 10.2. The van der Waals surface area contributed by atoms with E-state index in [9.17, 15) is 9.59 Å². The standard InChI is InChI=1S/C4H8O2.C3H6O.3C2H4O2.2C2H6O.C2H4O.C2H6.CO2.4H2O.3H2/c1-3-6-4(2)5;1-3(2)4;3*1-2(3)4;3*1-2-3;1-2;2-1-3;;;;;;;/h3H2,1-2H3;1-2H3;3*1H3,(H,3,4);2*3H,2H2,1H3;2H,1H3;1-2H3;;4*1H2;3*1H. The van der Waals surface area contributed by atoms with Crippen LogP contribution in [0.1, 0.15) is 87.4 Å². The smallest absolute Gasteiger partial charge is 0.373 e. The zero-order valence-electron chi connectivity index (χ0n) is 25.6. The third kappa shape index (κ3) is 93400. The second-order valence-electron chi connectivity index (χ2n) is 4.34. The molecule has 258 valence electrons. The van der Waals surface area contributed by atoms with E-state index < -0.39 is 17.9 Å². The topological polar surface area (TPSA) is 373 Å². The zero-order chi connectivity index (χ0) is 32.1. The number of aliphatic carboxylic acids is 3.